The van der Waals surface area contributed by atoms with E-state index >= 15 is 0 Å². The predicted octanol–water partition coefficient (Wildman–Crippen LogP) is 1.06. The van der Waals surface area contributed by atoms with E-state index in [0.717, 1.165) is 0 Å². The van der Waals surface area contributed by atoms with Gasteiger partial charge in [0, 0.05) is 98.1 Å². The molecule has 0 unspecified atom stereocenters. The van der Waals surface area contributed by atoms with Crippen molar-refractivity contribution in [3.05, 3.63) is 5.32 Å². The molecule has 0 aliphatic carbocycles. The SMILES string of the molecule is O=C1N=NC(=O)[N-]1.[Y].[Y].[Y]. The molecule has 0 spiro atoms. The van der Waals surface area contributed by atoms with Gasteiger partial charge < -0.3 is 10.2 Å². The van der Waals surface area contributed by atoms with Crippen LogP contribution in [-0.4, -0.2) is 12.1 Å². The molecule has 0 aromatic heterocycles. The molecule has 0 aromatic carbocycles. The quantitative estimate of drug-likeness (QED) is 0.644. The number of amides is 4. The summed E-state index contributed by atoms with van der Waals surface area (Å²) in [4.78, 5) is 19.6. The van der Waals surface area contributed by atoms with Gasteiger partial charge in [0.25, 0.3) is 0 Å². The summed E-state index contributed by atoms with van der Waals surface area (Å²) in [5.41, 5.74) is 0. The van der Waals surface area contributed by atoms with Crippen LogP contribution in [0, 0.1) is 0 Å². The third-order valence-corrected chi connectivity index (χ3v) is 0.412. The number of carbonyl (C=O) groups is 2. The standard InChI is InChI=1S/C2HN3O2.3Y/c6-1-3-2(7)5-4-1;;;/h(H,3,6,7);;;/p-1. The Morgan fingerprint density at radius 2 is 1.20 bits per heavy atom. The van der Waals surface area contributed by atoms with Crippen molar-refractivity contribution in [2.75, 3.05) is 0 Å². The van der Waals surface area contributed by atoms with Gasteiger partial charge in [0.05, 0.1) is 0 Å². The molecule has 0 saturated heterocycles. The van der Waals surface area contributed by atoms with Crippen LogP contribution in [0.25, 0.3) is 5.32 Å². The van der Waals surface area contributed by atoms with Gasteiger partial charge in [-0.1, -0.05) is 0 Å². The molecule has 1 heterocycles. The topological polar surface area (TPSA) is 73.0 Å². The monoisotopic (exact) mass is 365 g/mol. The Kier molecular flexibility index (Phi) is 16.4. The molecule has 8 heteroatoms. The summed E-state index contributed by atoms with van der Waals surface area (Å²) >= 11 is 0. The zero-order valence-corrected chi connectivity index (χ0v) is 13.4. The average Bonchev–Trinajstić information content (AvgIpc) is 1.87. The Morgan fingerprint density at radius 3 is 1.30 bits per heavy atom. The van der Waals surface area contributed by atoms with E-state index in [4.69, 9.17) is 0 Å². The minimum absolute atomic E-state index is 0. The molecule has 0 saturated carbocycles. The molecule has 0 atom stereocenters. The molecular weight excluding hydrogens is 365 g/mol. The van der Waals surface area contributed by atoms with E-state index in [9.17, 15) is 9.59 Å². The van der Waals surface area contributed by atoms with Gasteiger partial charge in [-0.05, 0) is 0 Å². The first-order chi connectivity index (χ1) is 3.29. The molecular formula is C2N3O2Y3-. The summed E-state index contributed by atoms with van der Waals surface area (Å²) in [6.45, 7) is 0. The van der Waals surface area contributed by atoms with Crippen LogP contribution in [0.2, 0.25) is 0 Å². The molecule has 45 valence electrons. The molecule has 3 radical (unpaired) electrons. The molecule has 0 bridgehead atoms. The molecule has 5 nitrogen and oxygen atoms in total. The van der Waals surface area contributed by atoms with E-state index in [1.54, 1.807) is 0 Å². The molecule has 0 N–H and O–H groups in total. The molecule has 1 aliphatic rings. The summed E-state index contributed by atoms with van der Waals surface area (Å²) in [5.74, 6) is 0. The van der Waals surface area contributed by atoms with Gasteiger partial charge in [-0.15, -0.1) is 0 Å². The van der Waals surface area contributed by atoms with Gasteiger partial charge in [0.2, 0.25) is 12.1 Å². The maximum absolute atomic E-state index is 9.81. The fraction of sp³-hybridized carbons (Fsp3) is 0. The van der Waals surface area contributed by atoms with Gasteiger partial charge in [0.1, 0.15) is 0 Å². The first kappa shape index (κ1) is 18.0. The summed E-state index contributed by atoms with van der Waals surface area (Å²) in [7, 11) is 0. The number of azo groups is 1. The zero-order valence-electron chi connectivity index (χ0n) is 4.89. The van der Waals surface area contributed by atoms with Crippen LogP contribution < -0.4 is 0 Å². The zero-order chi connectivity index (χ0) is 5.28. The van der Waals surface area contributed by atoms with Crippen LogP contribution in [0.15, 0.2) is 10.2 Å². The number of rotatable bonds is 0. The summed E-state index contributed by atoms with van der Waals surface area (Å²) in [6, 6.07) is -1.63. The summed E-state index contributed by atoms with van der Waals surface area (Å²) in [6.07, 6.45) is 0. The minimum Gasteiger partial charge on any atom is -0.309 e. The Hall–Kier alpha value is 2.05. The van der Waals surface area contributed by atoms with E-state index in [2.05, 4.69) is 15.5 Å². The first-order valence-corrected chi connectivity index (χ1v) is 1.50. The maximum Gasteiger partial charge on any atom is 0.233 e. The number of hydrogen-bond donors (Lipinski definition) is 0. The largest absolute Gasteiger partial charge is 0.309 e. The van der Waals surface area contributed by atoms with Gasteiger partial charge in [-0.2, -0.15) is 0 Å². The Morgan fingerprint density at radius 1 is 0.900 bits per heavy atom. The van der Waals surface area contributed by atoms with Gasteiger partial charge in [-0.25, -0.2) is 0 Å². The minimum atomic E-state index is -0.815. The number of nitrogens with zero attached hydrogens (tertiary/aromatic N) is 3. The Balaban J connectivity index is -0.000000163. The van der Waals surface area contributed by atoms with Gasteiger partial charge >= 0.3 is 0 Å². The normalized spacial score (nSPS) is 12.4. The predicted molar refractivity (Wildman–Crippen MR) is 19.0 cm³/mol. The first-order valence-electron chi connectivity index (χ1n) is 1.50. The Bertz CT molecular complexity index is 142. The van der Waals surface area contributed by atoms with Crippen LogP contribution in [0.4, 0.5) is 9.59 Å². The van der Waals surface area contributed by atoms with Gasteiger partial charge in [-0.3, -0.25) is 14.9 Å². The molecule has 0 fully saturated rings. The summed E-state index contributed by atoms with van der Waals surface area (Å²) < 4.78 is 0. The van der Waals surface area contributed by atoms with Gasteiger partial charge in [0.15, 0.2) is 0 Å². The smallest absolute Gasteiger partial charge is 0.233 e. The number of urea groups is 2. The second kappa shape index (κ2) is 9.14. The van der Waals surface area contributed by atoms with Crippen molar-refractivity contribution >= 4 is 12.1 Å². The number of carbonyl (C=O) groups excluding carboxylic acids is 2. The average molecular weight is 365 g/mol. The molecule has 10 heavy (non-hydrogen) atoms. The van der Waals surface area contributed by atoms with Crippen LogP contribution in [0.1, 0.15) is 0 Å². The third kappa shape index (κ3) is 6.74. The van der Waals surface area contributed by atoms with Crippen molar-refractivity contribution in [2.24, 2.45) is 10.2 Å². The Labute approximate surface area is 133 Å². The van der Waals surface area contributed by atoms with Crippen LogP contribution >= 0.6 is 0 Å². The van der Waals surface area contributed by atoms with Crippen molar-refractivity contribution in [1.29, 1.82) is 0 Å². The molecule has 4 amide bonds. The fourth-order valence-corrected chi connectivity index (χ4v) is 0.212. The van der Waals surface area contributed by atoms with E-state index in [1.165, 1.54) is 0 Å². The maximum atomic E-state index is 9.81. The van der Waals surface area contributed by atoms with Crippen molar-refractivity contribution in [2.45, 2.75) is 0 Å². The number of hydrogen-bond acceptors (Lipinski definition) is 2. The number of imide groups is 1. The fourth-order valence-electron chi connectivity index (χ4n) is 0.212. The van der Waals surface area contributed by atoms with E-state index in [-0.39, 0.29) is 98.1 Å². The van der Waals surface area contributed by atoms with Crippen LogP contribution in [0.3, 0.4) is 0 Å². The third-order valence-electron chi connectivity index (χ3n) is 0.412. The van der Waals surface area contributed by atoms with Crippen molar-refractivity contribution in [3.8, 4) is 0 Å². The van der Waals surface area contributed by atoms with Crippen molar-refractivity contribution in [3.63, 3.8) is 0 Å². The molecule has 0 aromatic rings. The molecule has 1 aliphatic heterocycles. The van der Waals surface area contributed by atoms with E-state index < -0.39 is 12.1 Å². The molecule has 1 rings (SSSR count). The van der Waals surface area contributed by atoms with Crippen LogP contribution in [0.5, 0.6) is 0 Å². The van der Waals surface area contributed by atoms with E-state index in [0.29, 0.717) is 0 Å². The van der Waals surface area contributed by atoms with Crippen molar-refractivity contribution in [1.82, 2.24) is 0 Å². The second-order valence-corrected chi connectivity index (χ2v) is 0.877. The van der Waals surface area contributed by atoms with E-state index in [1.807, 2.05) is 0 Å². The van der Waals surface area contributed by atoms with Crippen LogP contribution in [-0.2, 0) is 98.1 Å². The summed E-state index contributed by atoms with van der Waals surface area (Å²) in [5, 5.41) is 8.35. The van der Waals surface area contributed by atoms with Crippen molar-refractivity contribution < 1.29 is 108 Å². The second-order valence-electron chi connectivity index (χ2n) is 0.877.